The van der Waals surface area contributed by atoms with Crippen LogP contribution in [0.3, 0.4) is 0 Å². The molecule has 168 valence electrons. The standard InChI is InChI=1S/C25H22BrClN4O2/c1-15-8-11-18(12-9-15)31-23(28-22-14-17(27)10-13-19(22)24(31)32)16(2)30(3)25(33)29-21-7-5-4-6-20(21)26/h4-14,16H,1-3H3,(H,29,33). The van der Waals surface area contributed by atoms with E-state index in [1.165, 1.54) is 4.90 Å². The van der Waals surface area contributed by atoms with Crippen molar-refractivity contribution >= 4 is 50.2 Å². The molecule has 6 nitrogen and oxygen atoms in total. The van der Waals surface area contributed by atoms with E-state index in [1.54, 1.807) is 35.9 Å². The Labute approximate surface area is 205 Å². The molecule has 4 rings (SSSR count). The average molecular weight is 526 g/mol. The normalized spacial score (nSPS) is 11.9. The fourth-order valence-electron chi connectivity index (χ4n) is 3.51. The van der Waals surface area contributed by atoms with Crippen LogP contribution < -0.4 is 10.9 Å². The number of nitrogens with one attached hydrogen (secondary N) is 1. The summed E-state index contributed by atoms with van der Waals surface area (Å²) in [6.07, 6.45) is 0. The minimum absolute atomic E-state index is 0.220. The fraction of sp³-hybridized carbons (Fsp3) is 0.160. The van der Waals surface area contributed by atoms with Crippen LogP contribution in [0.25, 0.3) is 16.6 Å². The fourth-order valence-corrected chi connectivity index (χ4v) is 4.06. The highest BCUT2D eigenvalue weighted by Crippen LogP contribution is 2.26. The number of anilines is 1. The number of fused-ring (bicyclic) bond motifs is 1. The van der Waals surface area contributed by atoms with E-state index in [2.05, 4.69) is 21.2 Å². The van der Waals surface area contributed by atoms with Gasteiger partial charge in [0.25, 0.3) is 5.56 Å². The molecule has 0 fully saturated rings. The molecule has 0 saturated heterocycles. The van der Waals surface area contributed by atoms with Crippen molar-refractivity contribution in [3.63, 3.8) is 0 Å². The second kappa shape index (κ2) is 9.37. The van der Waals surface area contributed by atoms with Crippen LogP contribution in [0, 0.1) is 6.92 Å². The van der Waals surface area contributed by atoms with Crippen molar-refractivity contribution in [3.05, 3.63) is 98.0 Å². The molecule has 0 aliphatic heterocycles. The average Bonchev–Trinajstić information content (AvgIpc) is 2.80. The van der Waals surface area contributed by atoms with E-state index in [1.807, 2.05) is 56.3 Å². The van der Waals surface area contributed by atoms with Gasteiger partial charge in [0.15, 0.2) is 0 Å². The predicted octanol–water partition coefficient (Wildman–Crippen LogP) is 6.33. The van der Waals surface area contributed by atoms with Gasteiger partial charge in [-0.1, -0.05) is 41.4 Å². The molecule has 0 aliphatic rings. The Morgan fingerprint density at radius 1 is 1.12 bits per heavy atom. The molecule has 0 saturated carbocycles. The lowest BCUT2D eigenvalue weighted by atomic mass is 10.1. The van der Waals surface area contributed by atoms with Crippen molar-refractivity contribution in [2.75, 3.05) is 12.4 Å². The Hall–Kier alpha value is -3.16. The number of hydrogen-bond donors (Lipinski definition) is 1. The zero-order chi connectivity index (χ0) is 23.7. The Kier molecular flexibility index (Phi) is 6.54. The third-order valence-electron chi connectivity index (χ3n) is 5.54. The summed E-state index contributed by atoms with van der Waals surface area (Å²) in [6, 6.07) is 19.1. The molecule has 0 bridgehead atoms. The number of carbonyl (C=O) groups is 1. The number of nitrogens with zero attached hydrogens (tertiary/aromatic N) is 3. The van der Waals surface area contributed by atoms with Crippen LogP contribution in [0.5, 0.6) is 0 Å². The highest BCUT2D eigenvalue weighted by Gasteiger charge is 2.24. The molecule has 1 N–H and O–H groups in total. The highest BCUT2D eigenvalue weighted by atomic mass is 79.9. The summed E-state index contributed by atoms with van der Waals surface area (Å²) in [6.45, 7) is 3.82. The van der Waals surface area contributed by atoms with Gasteiger partial charge in [0, 0.05) is 16.5 Å². The van der Waals surface area contributed by atoms with Gasteiger partial charge < -0.3 is 10.2 Å². The first-order chi connectivity index (χ1) is 15.8. The van der Waals surface area contributed by atoms with Gasteiger partial charge in [-0.25, -0.2) is 9.78 Å². The minimum atomic E-state index is -0.523. The van der Waals surface area contributed by atoms with Crippen molar-refractivity contribution in [2.24, 2.45) is 0 Å². The van der Waals surface area contributed by atoms with E-state index in [0.717, 1.165) is 10.0 Å². The number of aromatic nitrogens is 2. The van der Waals surface area contributed by atoms with Gasteiger partial charge in [0.05, 0.1) is 28.3 Å². The van der Waals surface area contributed by atoms with Crippen molar-refractivity contribution in [1.29, 1.82) is 0 Å². The van der Waals surface area contributed by atoms with E-state index < -0.39 is 6.04 Å². The number of carbonyl (C=O) groups excluding carboxylic acids is 1. The molecular formula is C25H22BrClN4O2. The number of rotatable bonds is 4. The number of urea groups is 1. The summed E-state index contributed by atoms with van der Waals surface area (Å²) in [5.74, 6) is 0.434. The molecule has 1 heterocycles. The number of halogens is 2. The Balaban J connectivity index is 1.81. The maximum absolute atomic E-state index is 13.5. The van der Waals surface area contributed by atoms with E-state index >= 15 is 0 Å². The predicted molar refractivity (Wildman–Crippen MR) is 136 cm³/mol. The van der Waals surface area contributed by atoms with Gasteiger partial charge in [0.1, 0.15) is 5.82 Å². The zero-order valence-corrected chi connectivity index (χ0v) is 20.7. The van der Waals surface area contributed by atoms with Crippen LogP contribution in [0.2, 0.25) is 5.02 Å². The van der Waals surface area contributed by atoms with Gasteiger partial charge in [-0.05, 0) is 72.2 Å². The molecule has 33 heavy (non-hydrogen) atoms. The highest BCUT2D eigenvalue weighted by molar-refractivity contribution is 9.10. The van der Waals surface area contributed by atoms with Crippen LogP contribution in [0.15, 0.2) is 76.0 Å². The molecular weight excluding hydrogens is 504 g/mol. The number of amides is 2. The van der Waals surface area contributed by atoms with Gasteiger partial charge >= 0.3 is 6.03 Å². The summed E-state index contributed by atoms with van der Waals surface area (Å²) in [5, 5.41) is 3.83. The van der Waals surface area contributed by atoms with Crippen molar-refractivity contribution < 1.29 is 4.79 Å². The topological polar surface area (TPSA) is 67.2 Å². The largest absolute Gasteiger partial charge is 0.322 e. The third kappa shape index (κ3) is 4.65. The first-order valence-corrected chi connectivity index (χ1v) is 11.5. The first kappa shape index (κ1) is 23.0. The number of hydrogen-bond acceptors (Lipinski definition) is 3. The summed E-state index contributed by atoms with van der Waals surface area (Å²) in [4.78, 5) is 32.9. The van der Waals surface area contributed by atoms with E-state index in [4.69, 9.17) is 16.6 Å². The molecule has 0 aliphatic carbocycles. The van der Waals surface area contributed by atoms with Crippen LogP contribution in [-0.4, -0.2) is 27.5 Å². The Morgan fingerprint density at radius 2 is 1.82 bits per heavy atom. The molecule has 0 radical (unpaired) electrons. The lowest BCUT2D eigenvalue weighted by Gasteiger charge is -2.27. The van der Waals surface area contributed by atoms with Gasteiger partial charge in [-0.15, -0.1) is 0 Å². The summed E-state index contributed by atoms with van der Waals surface area (Å²) < 4.78 is 2.33. The van der Waals surface area contributed by atoms with Crippen molar-refractivity contribution in [1.82, 2.24) is 14.5 Å². The van der Waals surface area contributed by atoms with Crippen LogP contribution in [-0.2, 0) is 0 Å². The zero-order valence-electron chi connectivity index (χ0n) is 18.3. The molecule has 8 heteroatoms. The summed E-state index contributed by atoms with van der Waals surface area (Å²) >= 11 is 9.61. The van der Waals surface area contributed by atoms with Crippen LogP contribution >= 0.6 is 27.5 Å². The SMILES string of the molecule is Cc1ccc(-n2c(C(C)N(C)C(=O)Nc3ccccc3Br)nc3cc(Cl)ccc3c2=O)cc1. The third-order valence-corrected chi connectivity index (χ3v) is 6.47. The summed E-state index contributed by atoms with van der Waals surface area (Å²) in [5.41, 5.74) is 2.67. The maximum Gasteiger partial charge on any atom is 0.322 e. The second-order valence-electron chi connectivity index (χ2n) is 7.80. The van der Waals surface area contributed by atoms with Crippen LogP contribution in [0.1, 0.15) is 24.4 Å². The summed E-state index contributed by atoms with van der Waals surface area (Å²) in [7, 11) is 1.67. The van der Waals surface area contributed by atoms with Crippen LogP contribution in [0.4, 0.5) is 10.5 Å². The molecule has 4 aromatic rings. The molecule has 1 unspecified atom stereocenters. The second-order valence-corrected chi connectivity index (χ2v) is 9.10. The molecule has 1 atom stereocenters. The molecule has 1 aromatic heterocycles. The molecule has 2 amide bonds. The van der Waals surface area contributed by atoms with Gasteiger partial charge in [-0.2, -0.15) is 0 Å². The van der Waals surface area contributed by atoms with E-state index in [9.17, 15) is 9.59 Å². The Bertz CT molecular complexity index is 1400. The molecule has 0 spiro atoms. The smallest absolute Gasteiger partial charge is 0.318 e. The number of benzene rings is 3. The first-order valence-electron chi connectivity index (χ1n) is 10.3. The van der Waals surface area contributed by atoms with E-state index in [0.29, 0.717) is 33.1 Å². The minimum Gasteiger partial charge on any atom is -0.318 e. The van der Waals surface area contributed by atoms with Crippen molar-refractivity contribution in [3.8, 4) is 5.69 Å². The Morgan fingerprint density at radius 3 is 2.52 bits per heavy atom. The molecule has 3 aromatic carbocycles. The van der Waals surface area contributed by atoms with Gasteiger partial charge in [-0.3, -0.25) is 9.36 Å². The van der Waals surface area contributed by atoms with Gasteiger partial charge in [0.2, 0.25) is 0 Å². The lowest BCUT2D eigenvalue weighted by molar-refractivity contribution is 0.205. The maximum atomic E-state index is 13.5. The van der Waals surface area contributed by atoms with E-state index in [-0.39, 0.29) is 11.6 Å². The number of para-hydroxylation sites is 1. The monoisotopic (exact) mass is 524 g/mol. The lowest BCUT2D eigenvalue weighted by Crippen LogP contribution is -2.37. The van der Waals surface area contributed by atoms with Crippen molar-refractivity contribution in [2.45, 2.75) is 19.9 Å². The number of aryl methyl sites for hydroxylation is 1. The quantitative estimate of drug-likeness (QED) is 0.338.